The Morgan fingerprint density at radius 3 is 2.54 bits per heavy atom. The predicted octanol–water partition coefficient (Wildman–Crippen LogP) is 6.21. The summed E-state index contributed by atoms with van der Waals surface area (Å²) in [7, 11) is 0. The molecule has 1 atom stereocenters. The third-order valence-corrected chi connectivity index (χ3v) is 6.49. The van der Waals surface area contributed by atoms with Crippen molar-refractivity contribution < 1.29 is 24.2 Å². The van der Waals surface area contributed by atoms with E-state index in [0.717, 1.165) is 33.3 Å². The maximum Gasteiger partial charge on any atom is 0.303 e. The largest absolute Gasteiger partial charge is 0.481 e. The Bertz CT molecular complexity index is 1460. The maximum absolute atomic E-state index is 13.5. The molecule has 1 aliphatic heterocycles. The molecule has 0 fully saturated rings. The monoisotopic (exact) mass is 496 g/mol. The van der Waals surface area contributed by atoms with Crippen molar-refractivity contribution in [3.8, 4) is 11.5 Å². The van der Waals surface area contributed by atoms with Gasteiger partial charge < -0.3 is 25.2 Å². The standard InChI is InChI=1S/C30H28N2O5/c1-19(24-10-4-7-20-6-2-3-9-25(20)24)31-30(35)26-16-22(13-12-21(26)8-5-11-29(33)34)32-23-14-15-27-28(17-23)37-18-36-27/h2-4,6-7,9-10,12-17,19,32H,5,8,11,18H2,1H3,(H,31,35)(H,33,34)/t19-/m1/s1. The van der Waals surface area contributed by atoms with E-state index in [1.807, 2.05) is 67.6 Å². The highest BCUT2D eigenvalue weighted by Crippen LogP contribution is 2.35. The summed E-state index contributed by atoms with van der Waals surface area (Å²) in [6, 6.07) is 25.1. The topological polar surface area (TPSA) is 96.9 Å². The second-order valence-electron chi connectivity index (χ2n) is 9.08. The summed E-state index contributed by atoms with van der Waals surface area (Å²) in [6.45, 7) is 2.17. The van der Waals surface area contributed by atoms with E-state index >= 15 is 0 Å². The van der Waals surface area contributed by atoms with Crippen molar-refractivity contribution in [2.24, 2.45) is 0 Å². The Balaban J connectivity index is 1.40. The summed E-state index contributed by atoms with van der Waals surface area (Å²) >= 11 is 0. The lowest BCUT2D eigenvalue weighted by Gasteiger charge is -2.19. The molecule has 188 valence electrons. The van der Waals surface area contributed by atoms with Gasteiger partial charge in [-0.2, -0.15) is 0 Å². The van der Waals surface area contributed by atoms with Crippen LogP contribution in [0.4, 0.5) is 11.4 Å². The average molecular weight is 497 g/mol. The number of rotatable bonds is 9. The van der Waals surface area contributed by atoms with Gasteiger partial charge in [0.1, 0.15) is 0 Å². The molecule has 0 saturated carbocycles. The Morgan fingerprint density at radius 2 is 1.68 bits per heavy atom. The lowest BCUT2D eigenvalue weighted by Crippen LogP contribution is -2.28. The van der Waals surface area contributed by atoms with E-state index in [4.69, 9.17) is 14.6 Å². The molecule has 1 aliphatic rings. The number of fused-ring (bicyclic) bond motifs is 2. The molecule has 4 aromatic rings. The number of amides is 1. The molecule has 0 radical (unpaired) electrons. The zero-order valence-corrected chi connectivity index (χ0v) is 20.5. The minimum absolute atomic E-state index is 0.0463. The van der Waals surface area contributed by atoms with Crippen LogP contribution in [-0.4, -0.2) is 23.8 Å². The lowest BCUT2D eigenvalue weighted by molar-refractivity contribution is -0.137. The molecule has 0 aromatic heterocycles. The number of carboxylic acid groups (broad SMARTS) is 1. The molecule has 5 rings (SSSR count). The highest BCUT2D eigenvalue weighted by Gasteiger charge is 2.18. The Kier molecular flexibility index (Phi) is 6.94. The van der Waals surface area contributed by atoms with Crippen LogP contribution in [0.1, 0.15) is 47.3 Å². The van der Waals surface area contributed by atoms with Gasteiger partial charge in [-0.25, -0.2) is 0 Å². The number of carbonyl (C=O) groups excluding carboxylic acids is 1. The number of nitrogens with one attached hydrogen (secondary N) is 2. The van der Waals surface area contributed by atoms with Crippen LogP contribution >= 0.6 is 0 Å². The highest BCUT2D eigenvalue weighted by atomic mass is 16.7. The number of carbonyl (C=O) groups is 2. The van der Waals surface area contributed by atoms with Crippen LogP contribution < -0.4 is 20.1 Å². The van der Waals surface area contributed by atoms with Gasteiger partial charge in [0.05, 0.1) is 6.04 Å². The lowest BCUT2D eigenvalue weighted by atomic mass is 9.97. The van der Waals surface area contributed by atoms with Gasteiger partial charge in [-0.3, -0.25) is 9.59 Å². The second kappa shape index (κ2) is 10.6. The van der Waals surface area contributed by atoms with Gasteiger partial charge in [-0.15, -0.1) is 0 Å². The van der Waals surface area contributed by atoms with Gasteiger partial charge >= 0.3 is 5.97 Å². The first-order chi connectivity index (χ1) is 18.0. The van der Waals surface area contributed by atoms with E-state index in [0.29, 0.717) is 29.9 Å². The van der Waals surface area contributed by atoms with Crippen LogP contribution in [0.3, 0.4) is 0 Å². The Morgan fingerprint density at radius 1 is 0.919 bits per heavy atom. The number of aryl methyl sites for hydroxylation is 1. The van der Waals surface area contributed by atoms with E-state index in [1.165, 1.54) is 0 Å². The van der Waals surface area contributed by atoms with Crippen molar-refractivity contribution >= 4 is 34.0 Å². The van der Waals surface area contributed by atoms with Gasteiger partial charge in [0, 0.05) is 29.4 Å². The summed E-state index contributed by atoms with van der Waals surface area (Å²) in [4.78, 5) is 24.6. The molecule has 0 aliphatic carbocycles. The number of hydrogen-bond acceptors (Lipinski definition) is 5. The van der Waals surface area contributed by atoms with E-state index < -0.39 is 5.97 Å². The summed E-state index contributed by atoms with van der Waals surface area (Å²) in [5, 5.41) is 17.8. The molecule has 7 nitrogen and oxygen atoms in total. The molecule has 4 aromatic carbocycles. The molecule has 0 bridgehead atoms. The van der Waals surface area contributed by atoms with Crippen molar-refractivity contribution in [3.63, 3.8) is 0 Å². The minimum atomic E-state index is -0.850. The molecule has 0 spiro atoms. The molecular formula is C30H28N2O5. The normalized spacial score (nSPS) is 12.8. The summed E-state index contributed by atoms with van der Waals surface area (Å²) < 4.78 is 10.8. The van der Waals surface area contributed by atoms with E-state index in [-0.39, 0.29) is 25.2 Å². The van der Waals surface area contributed by atoms with Gasteiger partial charge in [-0.05, 0) is 65.9 Å². The fourth-order valence-corrected chi connectivity index (χ4v) is 4.63. The zero-order chi connectivity index (χ0) is 25.8. The highest BCUT2D eigenvalue weighted by molar-refractivity contribution is 5.97. The quantitative estimate of drug-likeness (QED) is 0.255. The fraction of sp³-hybridized carbons (Fsp3) is 0.200. The molecule has 37 heavy (non-hydrogen) atoms. The van der Waals surface area contributed by atoms with Gasteiger partial charge in [-0.1, -0.05) is 48.5 Å². The third-order valence-electron chi connectivity index (χ3n) is 6.49. The van der Waals surface area contributed by atoms with Crippen molar-refractivity contribution in [2.75, 3.05) is 12.1 Å². The molecule has 0 saturated heterocycles. The number of hydrogen-bond donors (Lipinski definition) is 3. The number of aliphatic carboxylic acids is 1. The Hall–Kier alpha value is -4.52. The number of anilines is 2. The van der Waals surface area contributed by atoms with Crippen molar-refractivity contribution in [1.82, 2.24) is 5.32 Å². The average Bonchev–Trinajstić information content (AvgIpc) is 3.37. The smallest absolute Gasteiger partial charge is 0.303 e. The molecule has 1 heterocycles. The summed E-state index contributed by atoms with van der Waals surface area (Å²) in [5.74, 6) is 0.302. The van der Waals surface area contributed by atoms with Gasteiger partial charge in [0.15, 0.2) is 11.5 Å². The number of benzene rings is 4. The molecule has 7 heteroatoms. The fourth-order valence-electron chi connectivity index (χ4n) is 4.63. The van der Waals surface area contributed by atoms with Crippen LogP contribution in [0.15, 0.2) is 78.9 Å². The predicted molar refractivity (Wildman–Crippen MR) is 143 cm³/mol. The minimum Gasteiger partial charge on any atom is -0.481 e. The van der Waals surface area contributed by atoms with E-state index in [1.54, 1.807) is 0 Å². The zero-order valence-electron chi connectivity index (χ0n) is 20.5. The third kappa shape index (κ3) is 5.51. The van der Waals surface area contributed by atoms with Crippen LogP contribution in [0.25, 0.3) is 10.8 Å². The van der Waals surface area contributed by atoms with Crippen molar-refractivity contribution in [1.29, 1.82) is 0 Å². The van der Waals surface area contributed by atoms with Crippen LogP contribution in [0.2, 0.25) is 0 Å². The van der Waals surface area contributed by atoms with Crippen LogP contribution in [-0.2, 0) is 11.2 Å². The molecular weight excluding hydrogens is 468 g/mol. The maximum atomic E-state index is 13.5. The van der Waals surface area contributed by atoms with Gasteiger partial charge in [0.2, 0.25) is 6.79 Å². The second-order valence-corrected chi connectivity index (χ2v) is 9.08. The first kappa shape index (κ1) is 24.2. The SMILES string of the molecule is C[C@@H](NC(=O)c1cc(Nc2ccc3c(c2)OCO3)ccc1CCCC(=O)O)c1cccc2ccccc12. The molecule has 1 amide bonds. The van der Waals surface area contributed by atoms with Crippen molar-refractivity contribution in [2.45, 2.75) is 32.2 Å². The molecule has 0 unspecified atom stereocenters. The number of ether oxygens (including phenoxy) is 2. The van der Waals surface area contributed by atoms with Crippen LogP contribution in [0, 0.1) is 0 Å². The number of carboxylic acids is 1. The Labute approximate surface area is 215 Å². The first-order valence-electron chi connectivity index (χ1n) is 12.3. The van der Waals surface area contributed by atoms with E-state index in [2.05, 4.69) is 28.8 Å². The summed E-state index contributed by atoms with van der Waals surface area (Å²) in [6.07, 6.45) is 0.982. The van der Waals surface area contributed by atoms with Crippen LogP contribution in [0.5, 0.6) is 11.5 Å². The summed E-state index contributed by atoms with van der Waals surface area (Å²) in [5.41, 5.74) is 3.90. The first-order valence-corrected chi connectivity index (χ1v) is 12.3. The van der Waals surface area contributed by atoms with Crippen molar-refractivity contribution in [3.05, 3.63) is 95.6 Å². The van der Waals surface area contributed by atoms with E-state index in [9.17, 15) is 9.59 Å². The van der Waals surface area contributed by atoms with Gasteiger partial charge in [0.25, 0.3) is 5.91 Å². The molecule has 3 N–H and O–H groups in total.